The van der Waals surface area contributed by atoms with Gasteiger partial charge in [-0.3, -0.25) is 4.68 Å². The second-order valence-corrected chi connectivity index (χ2v) is 4.54. The van der Waals surface area contributed by atoms with E-state index in [1.165, 1.54) is 4.90 Å². The van der Waals surface area contributed by atoms with Gasteiger partial charge in [-0.15, -0.1) is 11.8 Å². The van der Waals surface area contributed by atoms with E-state index < -0.39 is 0 Å². The topological polar surface area (TPSA) is 43.8 Å². The van der Waals surface area contributed by atoms with Crippen LogP contribution in [-0.2, 0) is 7.05 Å². The van der Waals surface area contributed by atoms with E-state index in [0.717, 1.165) is 11.3 Å². The van der Waals surface area contributed by atoms with E-state index in [2.05, 4.69) is 35.6 Å². The molecule has 2 rings (SSSR count). The number of nitrogens with two attached hydrogens (primary N) is 1. The minimum atomic E-state index is -0.142. The Morgan fingerprint density at radius 2 is 1.94 bits per heavy atom. The summed E-state index contributed by atoms with van der Waals surface area (Å²) in [5, 5.41) is 4.32. The van der Waals surface area contributed by atoms with Gasteiger partial charge in [0.15, 0.2) is 0 Å². The fourth-order valence-corrected chi connectivity index (χ4v) is 1.99. The molecule has 1 unspecified atom stereocenters. The highest BCUT2D eigenvalue weighted by Crippen LogP contribution is 2.21. The average molecular weight is 233 g/mol. The fourth-order valence-electron chi connectivity index (χ4n) is 1.58. The van der Waals surface area contributed by atoms with Gasteiger partial charge in [0.05, 0.1) is 11.7 Å². The van der Waals surface area contributed by atoms with E-state index >= 15 is 0 Å². The molecule has 2 aromatic rings. The molecule has 0 fully saturated rings. The maximum atomic E-state index is 6.14. The van der Waals surface area contributed by atoms with Crippen molar-refractivity contribution >= 4 is 11.8 Å². The molecular weight excluding hydrogens is 218 g/mol. The molecule has 0 spiro atoms. The molecule has 0 aliphatic heterocycles. The van der Waals surface area contributed by atoms with Crippen molar-refractivity contribution in [2.45, 2.75) is 10.9 Å². The molecule has 0 radical (unpaired) electrons. The van der Waals surface area contributed by atoms with Crippen molar-refractivity contribution in [2.24, 2.45) is 12.8 Å². The monoisotopic (exact) mass is 233 g/mol. The lowest BCUT2D eigenvalue weighted by atomic mass is 10.1. The molecule has 3 nitrogen and oxygen atoms in total. The lowest BCUT2D eigenvalue weighted by Gasteiger charge is -2.09. The quantitative estimate of drug-likeness (QED) is 0.826. The Kier molecular flexibility index (Phi) is 3.31. The summed E-state index contributed by atoms with van der Waals surface area (Å²) >= 11 is 1.73. The maximum Gasteiger partial charge on any atom is 0.0837 e. The van der Waals surface area contributed by atoms with Gasteiger partial charge in [-0.25, -0.2) is 0 Å². The van der Waals surface area contributed by atoms with Crippen molar-refractivity contribution in [2.75, 3.05) is 6.26 Å². The van der Waals surface area contributed by atoms with Crippen LogP contribution >= 0.6 is 11.8 Å². The zero-order chi connectivity index (χ0) is 11.5. The fraction of sp³-hybridized carbons (Fsp3) is 0.250. The second-order valence-electron chi connectivity index (χ2n) is 3.67. The van der Waals surface area contributed by atoms with Crippen LogP contribution in [0.3, 0.4) is 0 Å². The molecule has 0 saturated heterocycles. The third-order valence-electron chi connectivity index (χ3n) is 2.53. The van der Waals surface area contributed by atoms with Crippen LogP contribution in [0.5, 0.6) is 0 Å². The number of thioether (sulfide) groups is 1. The molecule has 16 heavy (non-hydrogen) atoms. The number of nitrogens with zero attached hydrogens (tertiary/aromatic N) is 2. The Morgan fingerprint density at radius 1 is 1.25 bits per heavy atom. The normalized spacial score (nSPS) is 12.7. The second kappa shape index (κ2) is 4.72. The van der Waals surface area contributed by atoms with E-state index in [1.807, 2.05) is 19.3 Å². The first-order valence-corrected chi connectivity index (χ1v) is 6.32. The van der Waals surface area contributed by atoms with Crippen LogP contribution in [0.2, 0.25) is 0 Å². The molecule has 4 heteroatoms. The first kappa shape index (κ1) is 11.2. The Hall–Kier alpha value is -1.26. The van der Waals surface area contributed by atoms with Crippen LogP contribution in [0, 0.1) is 0 Å². The molecule has 0 bridgehead atoms. The van der Waals surface area contributed by atoms with E-state index in [4.69, 9.17) is 5.73 Å². The van der Waals surface area contributed by atoms with Gasteiger partial charge in [0.25, 0.3) is 0 Å². The zero-order valence-corrected chi connectivity index (χ0v) is 10.2. The number of aryl methyl sites for hydroxylation is 1. The summed E-state index contributed by atoms with van der Waals surface area (Å²) in [4.78, 5) is 1.25. The number of rotatable bonds is 3. The molecule has 84 valence electrons. The van der Waals surface area contributed by atoms with Crippen molar-refractivity contribution in [3.05, 3.63) is 47.8 Å². The molecular formula is C12H15N3S. The summed E-state index contributed by atoms with van der Waals surface area (Å²) in [6, 6.07) is 10.1. The highest BCUT2D eigenvalue weighted by Gasteiger charge is 2.11. The number of hydrogen-bond acceptors (Lipinski definition) is 3. The van der Waals surface area contributed by atoms with Crippen molar-refractivity contribution in [1.82, 2.24) is 9.78 Å². The van der Waals surface area contributed by atoms with Crippen molar-refractivity contribution < 1.29 is 0 Å². The smallest absolute Gasteiger partial charge is 0.0837 e. The van der Waals surface area contributed by atoms with Crippen molar-refractivity contribution in [1.29, 1.82) is 0 Å². The van der Waals surface area contributed by atoms with Crippen LogP contribution < -0.4 is 5.73 Å². The van der Waals surface area contributed by atoms with Gasteiger partial charge in [0, 0.05) is 18.1 Å². The molecule has 1 atom stereocenters. The van der Waals surface area contributed by atoms with Crippen LogP contribution in [0.15, 0.2) is 41.4 Å². The number of hydrogen-bond donors (Lipinski definition) is 1. The van der Waals surface area contributed by atoms with Gasteiger partial charge in [0.1, 0.15) is 0 Å². The van der Waals surface area contributed by atoms with Gasteiger partial charge >= 0.3 is 0 Å². The van der Waals surface area contributed by atoms with Gasteiger partial charge in [-0.05, 0) is 30.0 Å². The standard InChI is InChI=1S/C12H15N3S/c1-15-8-7-11(14-15)12(13)9-3-5-10(16-2)6-4-9/h3-8,12H,13H2,1-2H3. The van der Waals surface area contributed by atoms with E-state index in [0.29, 0.717) is 0 Å². The van der Waals surface area contributed by atoms with Crippen molar-refractivity contribution in [3.8, 4) is 0 Å². The van der Waals surface area contributed by atoms with E-state index in [-0.39, 0.29) is 6.04 Å². The summed E-state index contributed by atoms with van der Waals surface area (Å²) in [5.74, 6) is 0. The Balaban J connectivity index is 2.23. The lowest BCUT2D eigenvalue weighted by molar-refractivity contribution is 0.715. The summed E-state index contributed by atoms with van der Waals surface area (Å²) in [5.41, 5.74) is 8.13. The molecule has 1 heterocycles. The van der Waals surface area contributed by atoms with E-state index in [9.17, 15) is 0 Å². The summed E-state index contributed by atoms with van der Waals surface area (Å²) in [6.45, 7) is 0. The molecule has 1 aromatic carbocycles. The van der Waals surface area contributed by atoms with Crippen molar-refractivity contribution in [3.63, 3.8) is 0 Å². The molecule has 0 aliphatic carbocycles. The predicted molar refractivity (Wildman–Crippen MR) is 67.5 cm³/mol. The summed E-state index contributed by atoms with van der Waals surface area (Å²) in [7, 11) is 1.90. The third-order valence-corrected chi connectivity index (χ3v) is 3.27. The van der Waals surface area contributed by atoms with Gasteiger partial charge in [-0.2, -0.15) is 5.10 Å². The molecule has 0 amide bonds. The Bertz CT molecular complexity index is 461. The van der Waals surface area contributed by atoms with Crippen LogP contribution in [0.4, 0.5) is 0 Å². The minimum absolute atomic E-state index is 0.142. The summed E-state index contributed by atoms with van der Waals surface area (Å²) < 4.78 is 1.77. The molecule has 0 saturated carbocycles. The highest BCUT2D eigenvalue weighted by atomic mass is 32.2. The number of benzene rings is 1. The van der Waals surface area contributed by atoms with E-state index in [1.54, 1.807) is 16.4 Å². The molecule has 0 aliphatic rings. The third kappa shape index (κ3) is 2.28. The molecule has 2 N–H and O–H groups in total. The van der Waals surface area contributed by atoms with Gasteiger partial charge < -0.3 is 5.73 Å². The van der Waals surface area contributed by atoms with Crippen LogP contribution in [-0.4, -0.2) is 16.0 Å². The zero-order valence-electron chi connectivity index (χ0n) is 9.42. The van der Waals surface area contributed by atoms with Crippen LogP contribution in [0.25, 0.3) is 0 Å². The Labute approximate surface area is 99.7 Å². The van der Waals surface area contributed by atoms with Gasteiger partial charge in [0.2, 0.25) is 0 Å². The average Bonchev–Trinajstić information content (AvgIpc) is 2.75. The minimum Gasteiger partial charge on any atom is -0.319 e. The molecule has 1 aromatic heterocycles. The van der Waals surface area contributed by atoms with Gasteiger partial charge in [-0.1, -0.05) is 12.1 Å². The maximum absolute atomic E-state index is 6.14. The first-order valence-electron chi connectivity index (χ1n) is 5.10. The highest BCUT2D eigenvalue weighted by molar-refractivity contribution is 7.98. The SMILES string of the molecule is CSc1ccc(C(N)c2ccn(C)n2)cc1. The first-order chi connectivity index (χ1) is 7.70. The Morgan fingerprint density at radius 3 is 2.44 bits per heavy atom. The number of aromatic nitrogens is 2. The summed E-state index contributed by atoms with van der Waals surface area (Å²) in [6.07, 6.45) is 3.97. The predicted octanol–water partition coefficient (Wildman–Crippen LogP) is 2.19. The lowest BCUT2D eigenvalue weighted by Crippen LogP contribution is -2.12. The largest absolute Gasteiger partial charge is 0.319 e. The van der Waals surface area contributed by atoms with Crippen LogP contribution in [0.1, 0.15) is 17.3 Å².